The van der Waals surface area contributed by atoms with Crippen molar-refractivity contribution in [2.45, 2.75) is 39.7 Å². The zero-order valence-corrected chi connectivity index (χ0v) is 23.9. The molecule has 0 unspecified atom stereocenters. The number of halogens is 1. The van der Waals surface area contributed by atoms with Crippen molar-refractivity contribution in [2.24, 2.45) is 0 Å². The van der Waals surface area contributed by atoms with E-state index in [0.29, 0.717) is 34.6 Å². The lowest BCUT2D eigenvalue weighted by Crippen LogP contribution is -2.40. The van der Waals surface area contributed by atoms with E-state index in [1.54, 1.807) is 22.9 Å². The molecule has 4 aromatic rings. The van der Waals surface area contributed by atoms with E-state index in [2.05, 4.69) is 10.6 Å². The Kier molecular flexibility index (Phi) is 9.11. The second-order valence-corrected chi connectivity index (χ2v) is 10.7. The number of nitrogens with zero attached hydrogens (tertiary/aromatic N) is 3. The normalized spacial score (nSPS) is 11.1. The summed E-state index contributed by atoms with van der Waals surface area (Å²) in [6, 6.07) is 25.4. The van der Waals surface area contributed by atoms with Gasteiger partial charge in [0.05, 0.1) is 28.7 Å². The third-order valence-electron chi connectivity index (χ3n) is 6.09. The van der Waals surface area contributed by atoms with Crippen molar-refractivity contribution in [3.63, 3.8) is 0 Å². The molecule has 0 aliphatic rings. The number of urea groups is 1. The van der Waals surface area contributed by atoms with Gasteiger partial charge < -0.3 is 20.3 Å². The first-order valence-corrected chi connectivity index (χ1v) is 13.5. The summed E-state index contributed by atoms with van der Waals surface area (Å²) in [7, 11) is 0. The highest BCUT2D eigenvalue weighted by molar-refractivity contribution is 6.32. The Morgan fingerprint density at radius 3 is 2.33 bits per heavy atom. The number of hydrogen-bond donors (Lipinski definition) is 2. The summed E-state index contributed by atoms with van der Waals surface area (Å²) in [5, 5.41) is 11.1. The maximum Gasteiger partial charge on any atom is 0.322 e. The van der Waals surface area contributed by atoms with Crippen molar-refractivity contribution in [2.75, 3.05) is 23.8 Å². The molecule has 3 aromatic carbocycles. The highest BCUT2D eigenvalue weighted by Crippen LogP contribution is 2.29. The van der Waals surface area contributed by atoms with Crippen molar-refractivity contribution < 1.29 is 14.3 Å². The molecule has 0 atom stereocenters. The topological polar surface area (TPSA) is 88.5 Å². The number of aromatic nitrogens is 2. The Hall–Kier alpha value is -4.30. The van der Waals surface area contributed by atoms with Gasteiger partial charge >= 0.3 is 6.03 Å². The van der Waals surface area contributed by atoms with Crippen LogP contribution in [0.3, 0.4) is 0 Å². The number of anilines is 2. The average molecular weight is 560 g/mol. The fourth-order valence-electron chi connectivity index (χ4n) is 4.05. The van der Waals surface area contributed by atoms with Gasteiger partial charge in [0, 0.05) is 18.0 Å². The largest absolute Gasteiger partial charge is 0.492 e. The van der Waals surface area contributed by atoms with E-state index in [0.717, 1.165) is 11.3 Å². The zero-order valence-electron chi connectivity index (χ0n) is 23.1. The molecule has 0 fully saturated rings. The molecular weight excluding hydrogens is 526 g/mol. The molecule has 0 bridgehead atoms. The molecule has 0 aliphatic heterocycles. The van der Waals surface area contributed by atoms with E-state index in [9.17, 15) is 9.59 Å². The Morgan fingerprint density at radius 2 is 1.62 bits per heavy atom. The number of nitrogens with one attached hydrogen (secondary N) is 2. The van der Waals surface area contributed by atoms with Crippen molar-refractivity contribution >= 4 is 35.0 Å². The number of benzene rings is 3. The van der Waals surface area contributed by atoms with Crippen molar-refractivity contribution in [3.8, 4) is 11.4 Å². The molecular formula is C31H34ClN5O3. The maximum atomic E-state index is 13.5. The average Bonchev–Trinajstić information content (AvgIpc) is 3.34. The fourth-order valence-corrected chi connectivity index (χ4v) is 4.26. The number of carbonyl (C=O) groups is 2. The number of para-hydroxylation sites is 3. The first kappa shape index (κ1) is 28.7. The van der Waals surface area contributed by atoms with E-state index in [1.807, 2.05) is 94.4 Å². The van der Waals surface area contributed by atoms with Crippen LogP contribution < -0.4 is 15.4 Å². The fraction of sp³-hybridized carbons (Fsp3) is 0.258. The Bertz CT molecular complexity index is 1460. The van der Waals surface area contributed by atoms with Crippen LogP contribution in [0, 0.1) is 0 Å². The van der Waals surface area contributed by atoms with Crippen LogP contribution in [0.1, 0.15) is 39.0 Å². The Labute approximate surface area is 239 Å². The van der Waals surface area contributed by atoms with E-state index >= 15 is 0 Å². The zero-order chi connectivity index (χ0) is 28.7. The second-order valence-electron chi connectivity index (χ2n) is 10.3. The van der Waals surface area contributed by atoms with E-state index in [1.165, 1.54) is 4.90 Å². The first-order chi connectivity index (χ1) is 19.2. The molecule has 4 rings (SSSR count). The number of amides is 3. The minimum Gasteiger partial charge on any atom is -0.492 e. The lowest BCUT2D eigenvalue weighted by molar-refractivity contribution is -0.116. The minimum atomic E-state index is -0.429. The lowest BCUT2D eigenvalue weighted by atomic mass is 9.92. The van der Waals surface area contributed by atoms with Crippen LogP contribution in [-0.4, -0.2) is 39.8 Å². The SMILES string of the molecule is CCOc1ccccc1NC(=O)N(CC(=O)Nc1cc(C(C)(C)C)nn1-c1ccccc1Cl)Cc1ccccc1. The quantitative estimate of drug-likeness (QED) is 0.233. The van der Waals surface area contributed by atoms with Gasteiger partial charge in [0.1, 0.15) is 18.1 Å². The van der Waals surface area contributed by atoms with Gasteiger partial charge in [-0.2, -0.15) is 5.10 Å². The molecule has 2 N–H and O–H groups in total. The molecule has 40 heavy (non-hydrogen) atoms. The summed E-state index contributed by atoms with van der Waals surface area (Å²) in [5.74, 6) is 0.642. The van der Waals surface area contributed by atoms with Gasteiger partial charge in [-0.1, -0.05) is 87.0 Å². The van der Waals surface area contributed by atoms with Crippen molar-refractivity contribution in [1.29, 1.82) is 0 Å². The van der Waals surface area contributed by atoms with Gasteiger partial charge in [0.25, 0.3) is 0 Å². The number of hydrogen-bond acceptors (Lipinski definition) is 4. The van der Waals surface area contributed by atoms with Crippen LogP contribution in [0.2, 0.25) is 5.02 Å². The molecule has 0 aliphatic carbocycles. The summed E-state index contributed by atoms with van der Waals surface area (Å²) < 4.78 is 7.28. The Morgan fingerprint density at radius 1 is 0.950 bits per heavy atom. The maximum absolute atomic E-state index is 13.5. The van der Waals surface area contributed by atoms with Crippen molar-refractivity contribution in [3.05, 3.63) is 101 Å². The van der Waals surface area contributed by atoms with Gasteiger partial charge in [-0.3, -0.25) is 4.79 Å². The summed E-state index contributed by atoms with van der Waals surface area (Å²) in [4.78, 5) is 28.4. The number of carbonyl (C=O) groups excluding carboxylic acids is 2. The molecule has 8 nitrogen and oxygen atoms in total. The molecule has 0 spiro atoms. The van der Waals surface area contributed by atoms with E-state index in [4.69, 9.17) is 21.4 Å². The van der Waals surface area contributed by atoms with Crippen LogP contribution in [0.4, 0.5) is 16.3 Å². The molecule has 208 valence electrons. The smallest absolute Gasteiger partial charge is 0.322 e. The molecule has 9 heteroatoms. The van der Waals surface area contributed by atoms with Gasteiger partial charge in [-0.05, 0) is 36.8 Å². The van der Waals surface area contributed by atoms with Crippen LogP contribution in [0.15, 0.2) is 84.9 Å². The summed E-state index contributed by atoms with van der Waals surface area (Å²) in [6.07, 6.45) is 0. The summed E-state index contributed by atoms with van der Waals surface area (Å²) in [6.45, 7) is 8.50. The third kappa shape index (κ3) is 7.21. The van der Waals surface area contributed by atoms with Gasteiger partial charge in [-0.25, -0.2) is 9.48 Å². The monoisotopic (exact) mass is 559 g/mol. The van der Waals surface area contributed by atoms with E-state index in [-0.39, 0.29) is 24.4 Å². The molecule has 3 amide bonds. The standard InChI is InChI=1S/C31H34ClN5O3/c1-5-40-26-18-12-10-16-24(26)33-30(39)36(20-22-13-7-6-8-14-22)21-29(38)34-28-19-27(31(2,3)4)35-37(28)25-17-11-9-15-23(25)32/h6-19H,5,20-21H2,1-4H3,(H,33,39)(H,34,38). The molecule has 0 saturated heterocycles. The third-order valence-corrected chi connectivity index (χ3v) is 6.41. The minimum absolute atomic E-state index is 0.198. The highest BCUT2D eigenvalue weighted by atomic mass is 35.5. The number of ether oxygens (including phenoxy) is 1. The summed E-state index contributed by atoms with van der Waals surface area (Å²) in [5.41, 5.74) is 2.58. The molecule has 1 heterocycles. The van der Waals surface area contributed by atoms with Crippen LogP contribution in [0.5, 0.6) is 5.75 Å². The van der Waals surface area contributed by atoms with Gasteiger partial charge in [-0.15, -0.1) is 0 Å². The molecule has 1 aromatic heterocycles. The van der Waals surface area contributed by atoms with Crippen LogP contribution in [0.25, 0.3) is 5.69 Å². The van der Waals surface area contributed by atoms with Gasteiger partial charge in [0.15, 0.2) is 0 Å². The van der Waals surface area contributed by atoms with Gasteiger partial charge in [0.2, 0.25) is 5.91 Å². The molecule has 0 saturated carbocycles. The Balaban J connectivity index is 1.60. The lowest BCUT2D eigenvalue weighted by Gasteiger charge is -2.23. The highest BCUT2D eigenvalue weighted by Gasteiger charge is 2.24. The second kappa shape index (κ2) is 12.7. The van der Waals surface area contributed by atoms with E-state index < -0.39 is 6.03 Å². The molecule has 0 radical (unpaired) electrons. The predicted molar refractivity (Wildman–Crippen MR) is 159 cm³/mol. The predicted octanol–water partition coefficient (Wildman–Crippen LogP) is 6.89. The number of rotatable bonds is 9. The van der Waals surface area contributed by atoms with Crippen LogP contribution >= 0.6 is 11.6 Å². The summed E-state index contributed by atoms with van der Waals surface area (Å²) >= 11 is 6.47. The van der Waals surface area contributed by atoms with Crippen molar-refractivity contribution in [1.82, 2.24) is 14.7 Å². The van der Waals surface area contributed by atoms with Crippen LogP contribution in [-0.2, 0) is 16.8 Å². The first-order valence-electron chi connectivity index (χ1n) is 13.1.